The molecule has 3 aromatic rings. The zero-order valence-electron chi connectivity index (χ0n) is 23.8. The number of rotatable bonds is 9. The minimum absolute atomic E-state index is 0.107. The van der Waals surface area contributed by atoms with Gasteiger partial charge in [0.25, 0.3) is 0 Å². The summed E-state index contributed by atoms with van der Waals surface area (Å²) in [6.07, 6.45) is 6.45. The van der Waals surface area contributed by atoms with Crippen LogP contribution >= 0.6 is 11.6 Å². The van der Waals surface area contributed by atoms with Crippen molar-refractivity contribution in [2.75, 3.05) is 49.6 Å². The van der Waals surface area contributed by atoms with E-state index in [9.17, 15) is 10.1 Å². The SMILES string of the molecule is C=CC(=O)N1CCN(c2nc(OCCN(C)C3CC3)nc3c2CCN(c2cccc4cccc(Cl)c24)C3)C=C1CC#N. The number of nitriles is 1. The Morgan fingerprint density at radius 1 is 1.21 bits per heavy atom. The largest absolute Gasteiger partial charge is 0.462 e. The van der Waals surface area contributed by atoms with Crippen molar-refractivity contribution in [3.63, 3.8) is 0 Å². The van der Waals surface area contributed by atoms with Crippen molar-refractivity contribution in [1.29, 1.82) is 5.26 Å². The van der Waals surface area contributed by atoms with Crippen molar-refractivity contribution < 1.29 is 9.53 Å². The Balaban J connectivity index is 1.35. The van der Waals surface area contributed by atoms with Gasteiger partial charge < -0.3 is 24.3 Å². The van der Waals surface area contributed by atoms with E-state index in [1.165, 1.54) is 18.9 Å². The van der Waals surface area contributed by atoms with Crippen LogP contribution in [0.4, 0.5) is 11.5 Å². The number of anilines is 2. The Morgan fingerprint density at radius 3 is 2.79 bits per heavy atom. The molecule has 3 aliphatic rings. The number of aromatic nitrogens is 2. The standard InChI is InChI=1S/C32H34ClN7O2/c1-3-29(41)40-17-16-39(20-24(40)12-14-34)31-25-13-15-38(28-9-5-7-22-6-4-8-26(33)30(22)28)21-27(25)35-32(36-31)42-19-18-37(2)23-10-11-23/h3-9,20,23H,1,10-13,15-19,21H2,2H3. The van der Waals surface area contributed by atoms with Crippen molar-refractivity contribution in [3.05, 3.63) is 77.2 Å². The minimum atomic E-state index is -0.214. The molecule has 0 atom stereocenters. The molecule has 0 radical (unpaired) electrons. The van der Waals surface area contributed by atoms with Crippen LogP contribution in [0.2, 0.25) is 5.02 Å². The predicted molar refractivity (Wildman–Crippen MR) is 164 cm³/mol. The Morgan fingerprint density at radius 2 is 2.02 bits per heavy atom. The summed E-state index contributed by atoms with van der Waals surface area (Å²) in [5, 5.41) is 12.3. The van der Waals surface area contributed by atoms with Crippen molar-refractivity contribution in [2.45, 2.75) is 38.3 Å². The first kappa shape index (κ1) is 28.0. The van der Waals surface area contributed by atoms with Crippen LogP contribution in [0.15, 0.2) is 61.0 Å². The van der Waals surface area contributed by atoms with Gasteiger partial charge in [-0.2, -0.15) is 15.2 Å². The van der Waals surface area contributed by atoms with E-state index in [-0.39, 0.29) is 12.3 Å². The van der Waals surface area contributed by atoms with Gasteiger partial charge in [0, 0.05) is 55.1 Å². The second kappa shape index (κ2) is 12.0. The fourth-order valence-corrected chi connectivity index (χ4v) is 6.11. The van der Waals surface area contributed by atoms with Gasteiger partial charge >= 0.3 is 6.01 Å². The molecule has 6 rings (SSSR count). The molecule has 1 amide bonds. The molecule has 0 spiro atoms. The van der Waals surface area contributed by atoms with Crippen molar-refractivity contribution in [3.8, 4) is 12.1 Å². The van der Waals surface area contributed by atoms with E-state index in [0.29, 0.717) is 44.0 Å². The molecule has 1 saturated carbocycles. The molecule has 216 valence electrons. The molecule has 2 aromatic carbocycles. The van der Waals surface area contributed by atoms with Gasteiger partial charge in [0.15, 0.2) is 0 Å². The van der Waals surface area contributed by atoms with Crippen LogP contribution in [0, 0.1) is 11.3 Å². The average Bonchev–Trinajstić information content (AvgIpc) is 3.86. The number of allylic oxidation sites excluding steroid dienone is 1. The number of benzene rings is 2. The topological polar surface area (TPSA) is 88.8 Å². The number of hydrogen-bond acceptors (Lipinski definition) is 8. The average molecular weight is 584 g/mol. The molecule has 1 fully saturated rings. The number of carbonyl (C=O) groups excluding carboxylic acids is 1. The summed E-state index contributed by atoms with van der Waals surface area (Å²) in [5.74, 6) is 0.552. The van der Waals surface area contributed by atoms with E-state index in [1.807, 2.05) is 23.2 Å². The quantitative estimate of drug-likeness (QED) is 0.328. The number of hydrogen-bond donors (Lipinski definition) is 0. The lowest BCUT2D eigenvalue weighted by Crippen LogP contribution is -2.42. The zero-order valence-corrected chi connectivity index (χ0v) is 24.6. The van der Waals surface area contributed by atoms with E-state index in [4.69, 9.17) is 26.3 Å². The number of likely N-dealkylation sites (N-methyl/N-ethyl adjacent to an activating group) is 1. The monoisotopic (exact) mass is 583 g/mol. The van der Waals surface area contributed by atoms with Gasteiger partial charge in [0.2, 0.25) is 5.91 Å². The fourth-order valence-electron chi connectivity index (χ4n) is 5.83. The molecule has 1 aliphatic carbocycles. The van der Waals surface area contributed by atoms with Crippen LogP contribution in [-0.2, 0) is 17.8 Å². The maximum Gasteiger partial charge on any atom is 0.318 e. The molecule has 0 unspecified atom stereocenters. The molecule has 1 aromatic heterocycles. The lowest BCUT2D eigenvalue weighted by Gasteiger charge is -2.36. The Kier molecular flexibility index (Phi) is 8.00. The van der Waals surface area contributed by atoms with Crippen molar-refractivity contribution >= 4 is 39.8 Å². The molecule has 0 N–H and O–H groups in total. The molecular formula is C32H34ClN7O2. The van der Waals surface area contributed by atoms with Gasteiger partial charge in [-0.15, -0.1) is 0 Å². The minimum Gasteiger partial charge on any atom is -0.462 e. The molecule has 3 heterocycles. The number of carbonyl (C=O) groups is 1. The van der Waals surface area contributed by atoms with Crippen LogP contribution in [0.3, 0.4) is 0 Å². The van der Waals surface area contributed by atoms with Crippen LogP contribution < -0.4 is 14.5 Å². The summed E-state index contributed by atoms with van der Waals surface area (Å²) >= 11 is 6.68. The number of fused-ring (bicyclic) bond motifs is 2. The molecular weight excluding hydrogens is 550 g/mol. The van der Waals surface area contributed by atoms with Crippen LogP contribution in [-0.4, -0.2) is 71.6 Å². The third-order valence-electron chi connectivity index (χ3n) is 8.23. The molecule has 2 aliphatic heterocycles. The number of halogens is 1. The Hall–Kier alpha value is -4.13. The van der Waals surface area contributed by atoms with Gasteiger partial charge in [-0.05, 0) is 49.9 Å². The van der Waals surface area contributed by atoms with Gasteiger partial charge in [0.1, 0.15) is 12.4 Å². The first-order chi connectivity index (χ1) is 20.5. The maximum atomic E-state index is 12.5. The second-order valence-electron chi connectivity index (χ2n) is 10.9. The van der Waals surface area contributed by atoms with Crippen LogP contribution in [0.1, 0.15) is 30.5 Å². The van der Waals surface area contributed by atoms with Crippen molar-refractivity contribution in [1.82, 2.24) is 19.8 Å². The first-order valence-electron chi connectivity index (χ1n) is 14.4. The van der Waals surface area contributed by atoms with E-state index in [2.05, 4.69) is 53.8 Å². The van der Waals surface area contributed by atoms with Crippen LogP contribution in [0.5, 0.6) is 6.01 Å². The Labute approximate surface area is 251 Å². The van der Waals surface area contributed by atoms with Crippen molar-refractivity contribution in [2.24, 2.45) is 0 Å². The molecule has 0 saturated heterocycles. The number of ether oxygens (including phenoxy) is 1. The molecule has 10 heteroatoms. The summed E-state index contributed by atoms with van der Waals surface area (Å²) in [6, 6.07) is 15.4. The normalized spacial score (nSPS) is 16.7. The van der Waals surface area contributed by atoms with E-state index in [0.717, 1.165) is 58.1 Å². The fraction of sp³-hybridized carbons (Fsp3) is 0.375. The van der Waals surface area contributed by atoms with Gasteiger partial charge in [0.05, 0.1) is 35.4 Å². The summed E-state index contributed by atoms with van der Waals surface area (Å²) in [6.45, 7) is 7.22. The highest BCUT2D eigenvalue weighted by Crippen LogP contribution is 2.37. The molecule has 9 nitrogen and oxygen atoms in total. The predicted octanol–water partition coefficient (Wildman–Crippen LogP) is 4.91. The van der Waals surface area contributed by atoms with Crippen LogP contribution in [0.25, 0.3) is 10.8 Å². The number of amides is 1. The first-order valence-corrected chi connectivity index (χ1v) is 14.8. The summed E-state index contributed by atoms with van der Waals surface area (Å²) < 4.78 is 6.15. The highest BCUT2D eigenvalue weighted by atomic mass is 35.5. The third kappa shape index (κ3) is 5.65. The van der Waals surface area contributed by atoms with E-state index in [1.54, 1.807) is 4.90 Å². The number of nitrogens with zero attached hydrogens (tertiary/aromatic N) is 7. The molecule has 0 bridgehead atoms. The summed E-state index contributed by atoms with van der Waals surface area (Å²) in [7, 11) is 2.12. The Bertz CT molecular complexity index is 1590. The highest BCUT2D eigenvalue weighted by Gasteiger charge is 2.30. The third-order valence-corrected chi connectivity index (χ3v) is 8.54. The van der Waals surface area contributed by atoms with E-state index >= 15 is 0 Å². The van der Waals surface area contributed by atoms with E-state index < -0.39 is 0 Å². The van der Waals surface area contributed by atoms with Gasteiger partial charge in [-0.25, -0.2) is 0 Å². The maximum absolute atomic E-state index is 12.5. The molecule has 42 heavy (non-hydrogen) atoms. The summed E-state index contributed by atoms with van der Waals surface area (Å²) in [5.41, 5.74) is 3.65. The lowest BCUT2D eigenvalue weighted by molar-refractivity contribution is -0.124. The second-order valence-corrected chi connectivity index (χ2v) is 11.4. The lowest BCUT2D eigenvalue weighted by atomic mass is 10.0. The smallest absolute Gasteiger partial charge is 0.318 e. The van der Waals surface area contributed by atoms with Gasteiger partial charge in [-0.3, -0.25) is 4.79 Å². The summed E-state index contributed by atoms with van der Waals surface area (Å²) in [4.78, 5) is 30.6. The highest BCUT2D eigenvalue weighted by molar-refractivity contribution is 6.36. The zero-order chi connectivity index (χ0) is 29.2. The van der Waals surface area contributed by atoms with Gasteiger partial charge in [-0.1, -0.05) is 42.4 Å².